The van der Waals surface area contributed by atoms with Crippen molar-refractivity contribution in [3.63, 3.8) is 0 Å². The molecule has 0 saturated heterocycles. The van der Waals surface area contributed by atoms with Crippen molar-refractivity contribution in [2.45, 2.75) is 45.2 Å². The number of imidazole rings is 1. The second kappa shape index (κ2) is 9.12. The monoisotopic (exact) mass is 445 g/mol. The van der Waals surface area contributed by atoms with Crippen molar-refractivity contribution in [2.75, 3.05) is 5.32 Å². The summed E-state index contributed by atoms with van der Waals surface area (Å²) >= 11 is 1.54. The third-order valence-electron chi connectivity index (χ3n) is 6.20. The van der Waals surface area contributed by atoms with Gasteiger partial charge in [-0.15, -0.1) is 0 Å². The fourth-order valence-electron chi connectivity index (χ4n) is 4.38. The molecule has 164 valence electrons. The highest BCUT2D eigenvalue weighted by Gasteiger charge is 2.26. The summed E-state index contributed by atoms with van der Waals surface area (Å²) in [6, 6.07) is 16.3. The number of amides is 1. The molecule has 1 fully saturated rings. The van der Waals surface area contributed by atoms with E-state index in [1.165, 1.54) is 24.8 Å². The minimum atomic E-state index is -0.0920. The first-order valence-corrected chi connectivity index (χ1v) is 12.0. The summed E-state index contributed by atoms with van der Waals surface area (Å²) in [5, 5.41) is 7.46. The Bertz CT molecular complexity index is 1220. The topological polar surface area (TPSA) is 71.3 Å². The Kier molecular flexibility index (Phi) is 5.90. The summed E-state index contributed by atoms with van der Waals surface area (Å²) in [5.41, 5.74) is 2.49. The highest BCUT2D eigenvalue weighted by molar-refractivity contribution is 7.18. The van der Waals surface area contributed by atoms with Crippen molar-refractivity contribution in [3.05, 3.63) is 72.2 Å². The molecule has 2 N–H and O–H groups in total. The van der Waals surface area contributed by atoms with Gasteiger partial charge in [0.15, 0.2) is 16.6 Å². The quantitative estimate of drug-likeness (QED) is 0.418. The maximum absolute atomic E-state index is 13.2. The molecule has 1 saturated carbocycles. The van der Waals surface area contributed by atoms with Gasteiger partial charge < -0.3 is 10.6 Å². The van der Waals surface area contributed by atoms with Crippen LogP contribution in [0.25, 0.3) is 16.2 Å². The second-order valence-electron chi connectivity index (χ2n) is 8.45. The van der Waals surface area contributed by atoms with Crippen LogP contribution in [-0.2, 0) is 6.54 Å². The summed E-state index contributed by atoms with van der Waals surface area (Å²) in [5.74, 6) is 1.15. The Morgan fingerprint density at radius 2 is 1.94 bits per heavy atom. The van der Waals surface area contributed by atoms with E-state index in [1.54, 1.807) is 11.3 Å². The zero-order valence-electron chi connectivity index (χ0n) is 18.1. The summed E-state index contributed by atoms with van der Waals surface area (Å²) in [6.07, 6.45) is 8.40. The molecule has 6 nitrogen and oxygen atoms in total. The van der Waals surface area contributed by atoms with Gasteiger partial charge in [-0.2, -0.15) is 0 Å². The molecule has 1 amide bonds. The van der Waals surface area contributed by atoms with Crippen molar-refractivity contribution >= 4 is 27.9 Å². The molecule has 4 aromatic rings. The molecule has 0 spiro atoms. The van der Waals surface area contributed by atoms with Gasteiger partial charge in [0.25, 0.3) is 5.91 Å². The third-order valence-corrected chi connectivity index (χ3v) is 7.16. The van der Waals surface area contributed by atoms with E-state index in [0.29, 0.717) is 18.2 Å². The number of fused-ring (bicyclic) bond motifs is 1. The van der Waals surface area contributed by atoms with Crippen LogP contribution in [0, 0.1) is 5.92 Å². The van der Waals surface area contributed by atoms with Gasteiger partial charge in [-0.05, 0) is 36.5 Å². The van der Waals surface area contributed by atoms with Crippen LogP contribution >= 0.6 is 11.3 Å². The fourth-order valence-corrected chi connectivity index (χ4v) is 5.18. The minimum Gasteiger partial charge on any atom is -0.357 e. The van der Waals surface area contributed by atoms with Crippen LogP contribution in [0.2, 0.25) is 0 Å². The van der Waals surface area contributed by atoms with Crippen molar-refractivity contribution in [1.82, 2.24) is 19.7 Å². The van der Waals surface area contributed by atoms with Gasteiger partial charge in [0.2, 0.25) is 0 Å². The van der Waals surface area contributed by atoms with Crippen LogP contribution in [0.5, 0.6) is 0 Å². The van der Waals surface area contributed by atoms with Crippen molar-refractivity contribution < 1.29 is 4.79 Å². The number of rotatable bonds is 6. The molecule has 7 heteroatoms. The summed E-state index contributed by atoms with van der Waals surface area (Å²) in [7, 11) is 0. The van der Waals surface area contributed by atoms with E-state index < -0.39 is 0 Å². The molecular weight excluding hydrogens is 418 g/mol. The molecule has 1 aromatic carbocycles. The van der Waals surface area contributed by atoms with Crippen LogP contribution in [0.1, 0.15) is 48.7 Å². The first kappa shape index (κ1) is 20.7. The first-order chi connectivity index (χ1) is 15.7. The molecule has 1 aliphatic rings. The smallest absolute Gasteiger partial charge is 0.272 e. The zero-order valence-corrected chi connectivity index (χ0v) is 18.9. The number of nitrogens with one attached hydrogen (secondary N) is 2. The highest BCUT2D eigenvalue weighted by Crippen LogP contribution is 2.31. The van der Waals surface area contributed by atoms with Crippen molar-refractivity contribution in [2.24, 2.45) is 5.92 Å². The number of carbonyl (C=O) groups is 1. The lowest BCUT2D eigenvalue weighted by atomic mass is 9.86. The number of carbonyl (C=O) groups excluding carboxylic acids is 1. The normalized spacial score (nSPS) is 18.5. The average Bonchev–Trinajstić information content (AvgIpc) is 3.45. The predicted molar refractivity (Wildman–Crippen MR) is 129 cm³/mol. The highest BCUT2D eigenvalue weighted by atomic mass is 32.1. The first-order valence-electron chi connectivity index (χ1n) is 11.2. The summed E-state index contributed by atoms with van der Waals surface area (Å²) < 4.78 is 1.98. The van der Waals surface area contributed by atoms with E-state index in [1.807, 2.05) is 53.2 Å². The molecule has 32 heavy (non-hydrogen) atoms. The molecule has 0 radical (unpaired) electrons. The van der Waals surface area contributed by atoms with Gasteiger partial charge in [0.05, 0.1) is 16.6 Å². The van der Waals surface area contributed by atoms with E-state index in [9.17, 15) is 4.79 Å². The molecule has 0 aliphatic heterocycles. The Balaban J connectivity index is 1.39. The molecule has 1 aliphatic carbocycles. The number of nitrogens with zero attached hydrogens (tertiary/aromatic N) is 3. The maximum atomic E-state index is 13.2. The number of benzene rings is 1. The van der Waals surface area contributed by atoms with Crippen LogP contribution in [0.15, 0.2) is 60.9 Å². The predicted octanol–water partition coefficient (Wildman–Crippen LogP) is 5.38. The lowest BCUT2D eigenvalue weighted by molar-refractivity contribution is 0.0907. The Labute approximate surface area is 191 Å². The standard InChI is InChI=1S/C25H27N5OS/c1-17-9-5-6-12-19(17)28-24(31)22-20-13-7-8-14-30(20)23(29-22)21-16-27-25(32-21)26-15-18-10-3-2-4-11-18/h2-4,7-8,10-11,13-14,16-17,19H,5-6,9,12,15H2,1H3,(H,26,27)(H,28,31)/t17-,19+/m0/s1. The number of hydrogen-bond donors (Lipinski definition) is 2. The SMILES string of the molecule is C[C@H]1CCCC[C@H]1NC(=O)c1nc(-c2cnc(NCc3ccccc3)s2)n2ccccc12. The van der Waals surface area contributed by atoms with Gasteiger partial charge in [-0.25, -0.2) is 9.97 Å². The Morgan fingerprint density at radius 3 is 2.78 bits per heavy atom. The van der Waals surface area contributed by atoms with Gasteiger partial charge >= 0.3 is 0 Å². The van der Waals surface area contributed by atoms with Crippen LogP contribution in [0.4, 0.5) is 5.13 Å². The van der Waals surface area contributed by atoms with Gasteiger partial charge in [-0.1, -0.05) is 67.5 Å². The Hall–Kier alpha value is -3.19. The fraction of sp³-hybridized carbons (Fsp3) is 0.320. The number of pyridine rings is 1. The van der Waals surface area contributed by atoms with E-state index in [0.717, 1.165) is 27.8 Å². The number of aromatic nitrogens is 3. The largest absolute Gasteiger partial charge is 0.357 e. The van der Waals surface area contributed by atoms with Crippen LogP contribution in [0.3, 0.4) is 0 Å². The van der Waals surface area contributed by atoms with Crippen molar-refractivity contribution in [3.8, 4) is 10.7 Å². The maximum Gasteiger partial charge on any atom is 0.272 e. The molecule has 5 rings (SSSR count). The molecule has 3 aromatic heterocycles. The van der Waals surface area contributed by atoms with Crippen LogP contribution < -0.4 is 10.6 Å². The van der Waals surface area contributed by atoms with E-state index >= 15 is 0 Å². The molecular formula is C25H27N5OS. The zero-order chi connectivity index (χ0) is 21.9. The number of thiazole rings is 1. The molecule has 0 unspecified atom stereocenters. The van der Waals surface area contributed by atoms with Gasteiger partial charge in [0, 0.05) is 18.8 Å². The molecule has 2 atom stereocenters. The third kappa shape index (κ3) is 4.25. The average molecular weight is 446 g/mol. The lowest BCUT2D eigenvalue weighted by Crippen LogP contribution is -2.41. The van der Waals surface area contributed by atoms with Gasteiger partial charge in [-0.3, -0.25) is 9.20 Å². The van der Waals surface area contributed by atoms with Gasteiger partial charge in [0.1, 0.15) is 0 Å². The second-order valence-corrected chi connectivity index (χ2v) is 9.48. The van der Waals surface area contributed by atoms with E-state index in [-0.39, 0.29) is 11.9 Å². The van der Waals surface area contributed by atoms with Crippen molar-refractivity contribution in [1.29, 1.82) is 0 Å². The number of hydrogen-bond acceptors (Lipinski definition) is 5. The Morgan fingerprint density at radius 1 is 1.12 bits per heavy atom. The summed E-state index contributed by atoms with van der Waals surface area (Å²) in [4.78, 5) is 23.4. The molecule has 0 bridgehead atoms. The van der Waals surface area contributed by atoms with E-state index in [4.69, 9.17) is 4.98 Å². The van der Waals surface area contributed by atoms with E-state index in [2.05, 4.69) is 34.7 Å². The van der Waals surface area contributed by atoms with Crippen LogP contribution in [-0.4, -0.2) is 26.3 Å². The minimum absolute atomic E-state index is 0.0920. The number of anilines is 1. The molecule has 3 heterocycles. The summed E-state index contributed by atoms with van der Waals surface area (Å²) in [6.45, 7) is 2.94. The lowest BCUT2D eigenvalue weighted by Gasteiger charge is -2.29.